The number of halogens is 1. The van der Waals surface area contributed by atoms with Crippen LogP contribution in [0.25, 0.3) is 0 Å². The number of carboxylic acids is 1. The highest BCUT2D eigenvalue weighted by atomic mass is 32.1. The lowest BCUT2D eigenvalue weighted by molar-refractivity contribution is 0.0697. The topological polar surface area (TPSA) is 79.3 Å². The van der Waals surface area contributed by atoms with Gasteiger partial charge >= 0.3 is 5.97 Å². The lowest BCUT2D eigenvalue weighted by Crippen LogP contribution is -2.15. The van der Waals surface area contributed by atoms with Crippen LogP contribution in [-0.4, -0.2) is 21.4 Å². The third-order valence-corrected chi connectivity index (χ3v) is 3.52. The number of aromatic nitrogens is 1. The van der Waals surface area contributed by atoms with Gasteiger partial charge in [-0.2, -0.15) is 4.37 Å². The first-order chi connectivity index (χ1) is 9.40. The van der Waals surface area contributed by atoms with Gasteiger partial charge in [-0.3, -0.25) is 4.79 Å². The molecule has 0 aliphatic heterocycles. The van der Waals surface area contributed by atoms with Crippen molar-refractivity contribution >= 4 is 28.4 Å². The number of carbonyl (C=O) groups excluding carboxylic acids is 1. The maximum absolute atomic E-state index is 13.6. The van der Waals surface area contributed by atoms with Crippen molar-refractivity contribution in [3.05, 3.63) is 46.4 Å². The number of nitrogens with zero attached hydrogens (tertiary/aromatic N) is 1. The molecular formula is C13H11FN2O3S. The monoisotopic (exact) mass is 294 g/mol. The lowest BCUT2D eigenvalue weighted by atomic mass is 10.1. The van der Waals surface area contributed by atoms with Crippen LogP contribution in [-0.2, 0) is 0 Å². The normalized spacial score (nSPS) is 10.3. The molecule has 0 bridgehead atoms. The third-order valence-electron chi connectivity index (χ3n) is 2.67. The van der Waals surface area contributed by atoms with E-state index in [4.69, 9.17) is 5.11 Å². The van der Waals surface area contributed by atoms with E-state index in [0.717, 1.165) is 17.1 Å². The van der Waals surface area contributed by atoms with Gasteiger partial charge in [0.1, 0.15) is 16.4 Å². The van der Waals surface area contributed by atoms with Gasteiger partial charge in [-0.1, -0.05) is 11.6 Å². The summed E-state index contributed by atoms with van der Waals surface area (Å²) in [6.45, 7) is 3.26. The molecule has 0 saturated carbocycles. The SMILES string of the molecule is Cc1ccc(F)c(C(=O)Nc2snc(C)c2C(=O)O)c1. The number of amides is 1. The first-order valence-corrected chi connectivity index (χ1v) is 6.44. The minimum absolute atomic E-state index is 0.0728. The first-order valence-electron chi connectivity index (χ1n) is 5.67. The molecular weight excluding hydrogens is 283 g/mol. The highest BCUT2D eigenvalue weighted by molar-refractivity contribution is 7.11. The fourth-order valence-corrected chi connectivity index (χ4v) is 2.47. The molecule has 0 radical (unpaired) electrons. The fourth-order valence-electron chi connectivity index (χ4n) is 1.69. The molecule has 0 saturated heterocycles. The summed E-state index contributed by atoms with van der Waals surface area (Å²) < 4.78 is 17.5. The van der Waals surface area contributed by atoms with Crippen LogP contribution >= 0.6 is 11.5 Å². The molecule has 0 spiro atoms. The molecule has 5 nitrogen and oxygen atoms in total. The van der Waals surface area contributed by atoms with Crippen LogP contribution in [0.4, 0.5) is 9.39 Å². The predicted octanol–water partition coefficient (Wildman–Crippen LogP) is 2.85. The van der Waals surface area contributed by atoms with Crippen LogP contribution in [0.3, 0.4) is 0 Å². The average molecular weight is 294 g/mol. The Morgan fingerprint density at radius 1 is 1.35 bits per heavy atom. The van der Waals surface area contributed by atoms with Gasteiger partial charge in [-0.15, -0.1) is 0 Å². The molecule has 0 aliphatic carbocycles. The number of aromatic carboxylic acids is 1. The molecule has 2 aromatic rings. The molecule has 0 fully saturated rings. The van der Waals surface area contributed by atoms with Gasteiger partial charge in [-0.25, -0.2) is 9.18 Å². The maximum Gasteiger partial charge on any atom is 0.340 e. The summed E-state index contributed by atoms with van der Waals surface area (Å²) in [4.78, 5) is 23.1. The Balaban J connectivity index is 2.33. The second-order valence-electron chi connectivity index (χ2n) is 4.21. The van der Waals surface area contributed by atoms with Gasteiger partial charge in [0.2, 0.25) is 0 Å². The van der Waals surface area contributed by atoms with Crippen LogP contribution < -0.4 is 5.32 Å². The average Bonchev–Trinajstić information content (AvgIpc) is 2.73. The molecule has 7 heteroatoms. The highest BCUT2D eigenvalue weighted by Crippen LogP contribution is 2.25. The van der Waals surface area contributed by atoms with Crippen molar-refractivity contribution in [2.75, 3.05) is 5.32 Å². The first kappa shape index (κ1) is 14.1. The van der Waals surface area contributed by atoms with E-state index in [0.29, 0.717) is 5.69 Å². The number of carbonyl (C=O) groups is 2. The molecule has 0 unspecified atom stereocenters. The van der Waals surface area contributed by atoms with E-state index in [1.807, 2.05) is 0 Å². The standard InChI is InChI=1S/C13H11FN2O3S/c1-6-3-4-9(14)8(5-6)11(17)15-12-10(13(18)19)7(2)16-20-12/h3-5H,1-2H3,(H,15,17)(H,18,19). The number of nitrogens with one attached hydrogen (secondary N) is 1. The number of aryl methyl sites for hydroxylation is 2. The zero-order valence-electron chi connectivity index (χ0n) is 10.7. The Morgan fingerprint density at radius 2 is 2.05 bits per heavy atom. The Labute approximate surface area is 118 Å². The van der Waals surface area contributed by atoms with E-state index in [1.165, 1.54) is 19.1 Å². The van der Waals surface area contributed by atoms with E-state index < -0.39 is 17.7 Å². The van der Waals surface area contributed by atoms with Crippen molar-refractivity contribution in [1.82, 2.24) is 4.37 Å². The Hall–Kier alpha value is -2.28. The molecule has 1 aromatic heterocycles. The number of benzene rings is 1. The zero-order valence-corrected chi connectivity index (χ0v) is 11.5. The summed E-state index contributed by atoms with van der Waals surface area (Å²) >= 11 is 0.852. The second-order valence-corrected chi connectivity index (χ2v) is 4.99. The van der Waals surface area contributed by atoms with Gasteiger partial charge in [0.15, 0.2) is 0 Å². The van der Waals surface area contributed by atoms with E-state index >= 15 is 0 Å². The summed E-state index contributed by atoms with van der Waals surface area (Å²) in [6.07, 6.45) is 0. The van der Waals surface area contributed by atoms with Gasteiger partial charge < -0.3 is 10.4 Å². The van der Waals surface area contributed by atoms with Crippen molar-refractivity contribution < 1.29 is 19.1 Å². The minimum Gasteiger partial charge on any atom is -0.478 e. The van der Waals surface area contributed by atoms with Gasteiger partial charge in [-0.05, 0) is 37.5 Å². The smallest absolute Gasteiger partial charge is 0.340 e. The number of rotatable bonds is 3. The van der Waals surface area contributed by atoms with Crippen molar-refractivity contribution in [2.45, 2.75) is 13.8 Å². The molecule has 1 aromatic carbocycles. The number of carboxylic acid groups (broad SMARTS) is 1. The van der Waals surface area contributed by atoms with E-state index in [-0.39, 0.29) is 16.1 Å². The maximum atomic E-state index is 13.6. The highest BCUT2D eigenvalue weighted by Gasteiger charge is 2.21. The Bertz CT molecular complexity index is 697. The van der Waals surface area contributed by atoms with Crippen molar-refractivity contribution in [2.24, 2.45) is 0 Å². The lowest BCUT2D eigenvalue weighted by Gasteiger charge is -2.06. The summed E-state index contributed by atoms with van der Waals surface area (Å²) in [5.74, 6) is -2.54. The van der Waals surface area contributed by atoms with Gasteiger partial charge in [0.25, 0.3) is 5.91 Å². The second kappa shape index (κ2) is 5.38. The van der Waals surface area contributed by atoms with Crippen LogP contribution in [0.2, 0.25) is 0 Å². The van der Waals surface area contributed by atoms with Crippen LogP contribution in [0.15, 0.2) is 18.2 Å². The van der Waals surface area contributed by atoms with E-state index in [1.54, 1.807) is 13.0 Å². The zero-order chi connectivity index (χ0) is 14.9. The molecule has 0 aliphatic rings. The molecule has 20 heavy (non-hydrogen) atoms. The predicted molar refractivity (Wildman–Crippen MR) is 72.9 cm³/mol. The molecule has 1 heterocycles. The summed E-state index contributed by atoms with van der Waals surface area (Å²) in [5, 5.41) is 11.6. The largest absolute Gasteiger partial charge is 0.478 e. The van der Waals surface area contributed by atoms with E-state index in [2.05, 4.69) is 9.69 Å². The number of hydrogen-bond acceptors (Lipinski definition) is 4. The molecule has 2 rings (SSSR count). The minimum atomic E-state index is -1.18. The van der Waals surface area contributed by atoms with Crippen LogP contribution in [0, 0.1) is 19.7 Å². The number of hydrogen-bond donors (Lipinski definition) is 2. The fraction of sp³-hybridized carbons (Fsp3) is 0.154. The van der Waals surface area contributed by atoms with Crippen LogP contribution in [0.5, 0.6) is 0 Å². The molecule has 0 atom stereocenters. The van der Waals surface area contributed by atoms with Crippen molar-refractivity contribution in [3.8, 4) is 0 Å². The Morgan fingerprint density at radius 3 is 2.70 bits per heavy atom. The molecule has 104 valence electrons. The summed E-state index contributed by atoms with van der Waals surface area (Å²) in [5.41, 5.74) is 0.835. The molecule has 2 N–H and O–H groups in total. The summed E-state index contributed by atoms with van der Waals surface area (Å²) in [6, 6.07) is 4.14. The van der Waals surface area contributed by atoms with Crippen molar-refractivity contribution in [1.29, 1.82) is 0 Å². The van der Waals surface area contributed by atoms with Crippen LogP contribution in [0.1, 0.15) is 32.0 Å². The quantitative estimate of drug-likeness (QED) is 0.912. The van der Waals surface area contributed by atoms with Crippen molar-refractivity contribution in [3.63, 3.8) is 0 Å². The van der Waals surface area contributed by atoms with E-state index in [9.17, 15) is 14.0 Å². The Kier molecular flexibility index (Phi) is 3.80. The summed E-state index contributed by atoms with van der Waals surface area (Å²) in [7, 11) is 0. The molecule has 1 amide bonds. The third kappa shape index (κ3) is 2.67. The van der Waals surface area contributed by atoms with Gasteiger partial charge in [0.05, 0.1) is 11.3 Å². The number of anilines is 1. The van der Waals surface area contributed by atoms with Gasteiger partial charge in [0, 0.05) is 0 Å².